The molecule has 4 nitrogen and oxygen atoms in total. The molecule has 0 N–H and O–H groups in total. The van der Waals surface area contributed by atoms with Crippen molar-refractivity contribution in [2.75, 3.05) is 7.11 Å². The molecular formula is C31H22F3NO3. The number of hydrogen-bond acceptors (Lipinski definition) is 4. The number of alkyl halides is 3. The molecule has 1 aromatic heterocycles. The monoisotopic (exact) mass is 513 g/mol. The zero-order chi connectivity index (χ0) is 26.7. The minimum absolute atomic E-state index is 0.107. The molecule has 38 heavy (non-hydrogen) atoms. The average Bonchev–Trinajstić information content (AvgIpc) is 2.92. The Bertz CT molecular complexity index is 1610. The lowest BCUT2D eigenvalue weighted by molar-refractivity contribution is -0.136. The number of carbonyl (C=O) groups is 1. The minimum Gasteiger partial charge on any atom is -0.465 e. The highest BCUT2D eigenvalue weighted by atomic mass is 19.4. The first-order valence-corrected chi connectivity index (χ1v) is 11.8. The van der Waals surface area contributed by atoms with E-state index in [-0.39, 0.29) is 5.52 Å². The Morgan fingerprint density at radius 1 is 0.842 bits per heavy atom. The van der Waals surface area contributed by atoms with Crippen LogP contribution < -0.4 is 4.74 Å². The molecule has 0 aliphatic rings. The third kappa shape index (κ3) is 5.22. The van der Waals surface area contributed by atoms with Crippen LogP contribution in [-0.4, -0.2) is 18.1 Å². The Morgan fingerprint density at radius 2 is 1.55 bits per heavy atom. The molecule has 0 radical (unpaired) electrons. The van der Waals surface area contributed by atoms with Gasteiger partial charge in [-0.25, -0.2) is 4.79 Å². The van der Waals surface area contributed by atoms with E-state index in [0.29, 0.717) is 40.0 Å². The molecule has 5 rings (SSSR count). The standard InChI is InChI=1S/C31H22F3NO3/c1-37-30(36)22-11-6-13-25(18-22)38-24-12-5-10-21(17-24)28-23(16-20-8-3-2-4-9-20)19-35-29-26(28)14-7-15-27(29)31(32,33)34/h2-15,17-19H,16H2,1H3. The molecule has 0 aliphatic carbocycles. The van der Waals surface area contributed by atoms with E-state index in [2.05, 4.69) is 4.98 Å². The van der Waals surface area contributed by atoms with E-state index in [0.717, 1.165) is 17.2 Å². The smallest absolute Gasteiger partial charge is 0.418 e. The highest BCUT2D eigenvalue weighted by Gasteiger charge is 2.33. The number of rotatable bonds is 6. The summed E-state index contributed by atoms with van der Waals surface area (Å²) in [7, 11) is 1.30. The molecule has 7 heteroatoms. The Hall–Kier alpha value is -4.65. The summed E-state index contributed by atoms with van der Waals surface area (Å²) >= 11 is 0. The van der Waals surface area contributed by atoms with Crippen molar-refractivity contribution >= 4 is 16.9 Å². The predicted octanol–water partition coefficient (Wildman–Crippen LogP) is 8.09. The Kier molecular flexibility index (Phi) is 6.83. The largest absolute Gasteiger partial charge is 0.465 e. The quantitative estimate of drug-likeness (QED) is 0.215. The van der Waals surface area contributed by atoms with Gasteiger partial charge in [0.05, 0.1) is 23.8 Å². The maximum atomic E-state index is 13.8. The van der Waals surface area contributed by atoms with Gasteiger partial charge in [-0.1, -0.05) is 60.7 Å². The molecule has 0 saturated carbocycles. The summed E-state index contributed by atoms with van der Waals surface area (Å²) in [5, 5.41) is 0.401. The fourth-order valence-electron chi connectivity index (χ4n) is 4.44. The first-order chi connectivity index (χ1) is 18.3. The molecule has 5 aromatic rings. The van der Waals surface area contributed by atoms with Gasteiger partial charge < -0.3 is 9.47 Å². The molecule has 0 atom stereocenters. The summed E-state index contributed by atoms with van der Waals surface area (Å²) in [5.41, 5.74) is 2.58. The van der Waals surface area contributed by atoms with Crippen molar-refractivity contribution in [1.29, 1.82) is 0 Å². The van der Waals surface area contributed by atoms with Crippen LogP contribution in [0.15, 0.2) is 103 Å². The molecule has 190 valence electrons. The zero-order valence-corrected chi connectivity index (χ0v) is 20.3. The van der Waals surface area contributed by atoms with E-state index in [9.17, 15) is 18.0 Å². The Labute approximate surface area is 217 Å². The molecule has 4 aromatic carbocycles. The summed E-state index contributed by atoms with van der Waals surface area (Å²) in [4.78, 5) is 16.2. The summed E-state index contributed by atoms with van der Waals surface area (Å²) in [5.74, 6) is 0.402. The SMILES string of the molecule is COC(=O)c1cccc(Oc2cccc(-c3c(Cc4ccccc4)cnc4c(C(F)(F)F)cccc34)c2)c1. The number of hydrogen-bond donors (Lipinski definition) is 0. The average molecular weight is 514 g/mol. The minimum atomic E-state index is -4.54. The van der Waals surface area contributed by atoms with Crippen LogP contribution in [0.4, 0.5) is 13.2 Å². The van der Waals surface area contributed by atoms with Gasteiger partial charge in [-0.2, -0.15) is 13.2 Å². The lowest BCUT2D eigenvalue weighted by atomic mass is 9.92. The van der Waals surface area contributed by atoms with Gasteiger partial charge in [-0.3, -0.25) is 4.98 Å². The number of methoxy groups -OCH3 is 1. The molecule has 1 heterocycles. The van der Waals surface area contributed by atoms with Crippen molar-refractivity contribution in [2.45, 2.75) is 12.6 Å². The van der Waals surface area contributed by atoms with Crippen LogP contribution in [0.2, 0.25) is 0 Å². The molecule has 0 aliphatic heterocycles. The highest BCUT2D eigenvalue weighted by Crippen LogP contribution is 2.40. The Balaban J connectivity index is 1.63. The highest BCUT2D eigenvalue weighted by molar-refractivity contribution is 5.98. The van der Waals surface area contributed by atoms with Crippen molar-refractivity contribution in [3.63, 3.8) is 0 Å². The molecule has 0 spiro atoms. The lowest BCUT2D eigenvalue weighted by Gasteiger charge is -2.17. The summed E-state index contributed by atoms with van der Waals surface area (Å²) in [6.45, 7) is 0. The summed E-state index contributed by atoms with van der Waals surface area (Å²) < 4.78 is 52.3. The van der Waals surface area contributed by atoms with Crippen LogP contribution >= 0.6 is 0 Å². The maximum absolute atomic E-state index is 13.8. The Morgan fingerprint density at radius 3 is 2.29 bits per heavy atom. The topological polar surface area (TPSA) is 48.4 Å². The van der Waals surface area contributed by atoms with Gasteiger partial charge >= 0.3 is 12.1 Å². The van der Waals surface area contributed by atoms with Crippen molar-refractivity contribution < 1.29 is 27.4 Å². The van der Waals surface area contributed by atoms with Crippen LogP contribution in [0.1, 0.15) is 27.0 Å². The summed E-state index contributed by atoms with van der Waals surface area (Å²) in [6, 6.07) is 27.5. The lowest BCUT2D eigenvalue weighted by Crippen LogP contribution is -2.07. The fourth-order valence-corrected chi connectivity index (χ4v) is 4.44. The van der Waals surface area contributed by atoms with Crippen molar-refractivity contribution in [3.05, 3.63) is 126 Å². The van der Waals surface area contributed by atoms with Crippen molar-refractivity contribution in [1.82, 2.24) is 4.98 Å². The van der Waals surface area contributed by atoms with Gasteiger partial charge in [0.15, 0.2) is 0 Å². The van der Waals surface area contributed by atoms with E-state index in [1.807, 2.05) is 36.4 Å². The molecule has 0 unspecified atom stereocenters. The second kappa shape index (κ2) is 10.4. The van der Waals surface area contributed by atoms with E-state index in [1.165, 1.54) is 19.4 Å². The van der Waals surface area contributed by atoms with Crippen molar-refractivity contribution in [2.24, 2.45) is 0 Å². The predicted molar refractivity (Wildman–Crippen MR) is 139 cm³/mol. The number of nitrogens with zero attached hydrogens (tertiary/aromatic N) is 1. The number of esters is 1. The second-order valence-corrected chi connectivity index (χ2v) is 8.67. The van der Waals surface area contributed by atoms with Gasteiger partial charge in [-0.15, -0.1) is 0 Å². The second-order valence-electron chi connectivity index (χ2n) is 8.67. The normalized spacial score (nSPS) is 11.4. The molecule has 0 bridgehead atoms. The van der Waals surface area contributed by atoms with E-state index >= 15 is 0 Å². The third-order valence-electron chi connectivity index (χ3n) is 6.13. The maximum Gasteiger partial charge on any atom is 0.418 e. The van der Waals surface area contributed by atoms with E-state index < -0.39 is 17.7 Å². The fraction of sp³-hybridized carbons (Fsp3) is 0.0968. The van der Waals surface area contributed by atoms with Gasteiger partial charge in [-0.05, 0) is 65.1 Å². The summed E-state index contributed by atoms with van der Waals surface area (Å²) in [6.07, 6.45) is -2.53. The van der Waals surface area contributed by atoms with Crippen molar-refractivity contribution in [3.8, 4) is 22.6 Å². The van der Waals surface area contributed by atoms with Crippen LogP contribution in [0.3, 0.4) is 0 Å². The van der Waals surface area contributed by atoms with Gasteiger partial charge in [0.2, 0.25) is 0 Å². The number of pyridine rings is 1. The number of halogens is 3. The van der Waals surface area contributed by atoms with Crippen LogP contribution in [0.5, 0.6) is 11.5 Å². The number of para-hydroxylation sites is 1. The van der Waals surface area contributed by atoms with Gasteiger partial charge in [0.25, 0.3) is 0 Å². The van der Waals surface area contributed by atoms with Crippen LogP contribution in [-0.2, 0) is 17.3 Å². The number of ether oxygens (including phenoxy) is 2. The third-order valence-corrected chi connectivity index (χ3v) is 6.13. The van der Waals surface area contributed by atoms with Gasteiger partial charge in [0.1, 0.15) is 11.5 Å². The van der Waals surface area contributed by atoms with E-state index in [4.69, 9.17) is 9.47 Å². The van der Waals surface area contributed by atoms with Gasteiger partial charge in [0, 0.05) is 11.6 Å². The molecule has 0 amide bonds. The number of benzene rings is 4. The number of aromatic nitrogens is 1. The van der Waals surface area contributed by atoms with E-state index in [1.54, 1.807) is 48.5 Å². The number of carbonyl (C=O) groups excluding carboxylic acids is 1. The zero-order valence-electron chi connectivity index (χ0n) is 20.3. The molecule has 0 saturated heterocycles. The first kappa shape index (κ1) is 25.0. The number of fused-ring (bicyclic) bond motifs is 1. The van der Waals surface area contributed by atoms with Crippen LogP contribution in [0.25, 0.3) is 22.0 Å². The first-order valence-electron chi connectivity index (χ1n) is 11.8. The molecule has 0 fully saturated rings. The van der Waals surface area contributed by atoms with Crippen LogP contribution in [0, 0.1) is 0 Å². The molecular weight excluding hydrogens is 491 g/mol.